The Labute approximate surface area is 175 Å². The van der Waals surface area contributed by atoms with Crippen LogP contribution >= 0.6 is 0 Å². The Morgan fingerprint density at radius 2 is 1.47 bits per heavy atom. The van der Waals surface area contributed by atoms with Gasteiger partial charge in [-0.1, -0.05) is 66.2 Å². The van der Waals surface area contributed by atoms with Crippen molar-refractivity contribution in [2.75, 3.05) is 6.61 Å². The Hall–Kier alpha value is -3.53. The highest BCUT2D eigenvalue weighted by Crippen LogP contribution is 2.36. The molecule has 0 aliphatic heterocycles. The number of fused-ring (bicyclic) bond motifs is 3. The van der Waals surface area contributed by atoms with Crippen LogP contribution in [-0.4, -0.2) is 24.1 Å². The molecule has 0 spiro atoms. The number of ether oxygens (including phenoxy) is 1. The predicted octanol–water partition coefficient (Wildman–Crippen LogP) is 4.96. The highest BCUT2D eigenvalue weighted by molar-refractivity contribution is 6.00. The van der Waals surface area contributed by atoms with E-state index in [1.54, 1.807) is 18.2 Å². The monoisotopic (exact) mass is 398 g/mol. The Morgan fingerprint density at radius 1 is 0.767 bits per heavy atom. The van der Waals surface area contributed by atoms with Crippen LogP contribution in [0.2, 0.25) is 0 Å². The van der Waals surface area contributed by atoms with Crippen molar-refractivity contribution < 1.29 is 19.1 Å². The molecule has 0 saturated carbocycles. The summed E-state index contributed by atoms with van der Waals surface area (Å²) in [5.41, 5.74) is 6.82. The van der Waals surface area contributed by atoms with Gasteiger partial charge in [0.25, 0.3) is 0 Å². The second kappa shape index (κ2) is 8.46. The molecule has 4 rings (SSSR count). The van der Waals surface area contributed by atoms with E-state index in [4.69, 9.17) is 4.74 Å². The van der Waals surface area contributed by atoms with E-state index in [1.807, 2.05) is 43.3 Å². The Balaban J connectivity index is 1.31. The minimum Gasteiger partial charge on any atom is -0.457 e. The molecule has 0 fully saturated rings. The van der Waals surface area contributed by atoms with Gasteiger partial charge in [-0.15, -0.1) is 0 Å². The number of esters is 1. The van der Waals surface area contributed by atoms with Crippen molar-refractivity contribution in [2.45, 2.75) is 26.2 Å². The molecular formula is C26H22O4. The lowest BCUT2D eigenvalue weighted by Crippen LogP contribution is -2.15. The van der Waals surface area contributed by atoms with Crippen molar-refractivity contribution in [3.8, 4) is 11.1 Å². The van der Waals surface area contributed by atoms with Gasteiger partial charge in [-0.3, -0.25) is 14.4 Å². The van der Waals surface area contributed by atoms with Gasteiger partial charge in [0.1, 0.15) is 0 Å². The van der Waals surface area contributed by atoms with Crippen molar-refractivity contribution in [3.63, 3.8) is 0 Å². The number of ketones is 2. The van der Waals surface area contributed by atoms with Gasteiger partial charge in [0.15, 0.2) is 18.2 Å². The molecule has 0 radical (unpaired) electrons. The largest absolute Gasteiger partial charge is 0.457 e. The topological polar surface area (TPSA) is 60.4 Å². The van der Waals surface area contributed by atoms with E-state index in [1.165, 1.54) is 11.1 Å². The average molecular weight is 398 g/mol. The zero-order valence-corrected chi connectivity index (χ0v) is 16.8. The van der Waals surface area contributed by atoms with Crippen LogP contribution in [0.25, 0.3) is 11.1 Å². The quantitative estimate of drug-likeness (QED) is 0.326. The maximum atomic E-state index is 12.5. The molecular weight excluding hydrogens is 376 g/mol. The van der Waals surface area contributed by atoms with E-state index in [-0.39, 0.29) is 31.0 Å². The number of carbonyl (C=O) groups excluding carboxylic acids is 3. The molecule has 0 aromatic heterocycles. The first-order chi connectivity index (χ1) is 14.5. The van der Waals surface area contributed by atoms with Gasteiger partial charge in [0, 0.05) is 17.5 Å². The summed E-state index contributed by atoms with van der Waals surface area (Å²) in [6.45, 7) is 1.63. The van der Waals surface area contributed by atoms with Gasteiger partial charge < -0.3 is 4.74 Å². The van der Waals surface area contributed by atoms with E-state index in [2.05, 4.69) is 12.1 Å². The van der Waals surface area contributed by atoms with E-state index < -0.39 is 5.97 Å². The standard InChI is InChI=1S/C26H22O4/c1-17-6-8-18(9-7-17)24(27)12-13-26(29)30-16-25(28)21-11-10-20-14-19-4-2-3-5-22(19)23(20)15-21/h2-11,15H,12-14,16H2,1H3. The van der Waals surface area contributed by atoms with Crippen molar-refractivity contribution in [2.24, 2.45) is 0 Å². The number of benzene rings is 3. The molecule has 4 heteroatoms. The van der Waals surface area contributed by atoms with Crippen molar-refractivity contribution in [1.82, 2.24) is 0 Å². The van der Waals surface area contributed by atoms with Crippen LogP contribution in [0.1, 0.15) is 50.2 Å². The molecule has 0 heterocycles. The molecule has 0 saturated heterocycles. The van der Waals surface area contributed by atoms with Crippen LogP contribution in [0.15, 0.2) is 66.7 Å². The molecule has 0 N–H and O–H groups in total. The fourth-order valence-electron chi connectivity index (χ4n) is 3.70. The van der Waals surface area contributed by atoms with Crippen molar-refractivity contribution >= 4 is 17.5 Å². The Bertz CT molecular complexity index is 1130. The number of carbonyl (C=O) groups is 3. The van der Waals surface area contributed by atoms with Crippen LogP contribution in [0.3, 0.4) is 0 Å². The summed E-state index contributed by atoms with van der Waals surface area (Å²) in [5.74, 6) is -0.911. The number of aryl methyl sites for hydroxylation is 1. The first kappa shape index (κ1) is 19.8. The summed E-state index contributed by atoms with van der Waals surface area (Å²) in [6, 6.07) is 21.0. The highest BCUT2D eigenvalue weighted by Gasteiger charge is 2.20. The molecule has 1 aliphatic rings. The smallest absolute Gasteiger partial charge is 0.306 e. The fourth-order valence-corrected chi connectivity index (χ4v) is 3.70. The number of rotatable bonds is 7. The fraction of sp³-hybridized carbons (Fsp3) is 0.192. The summed E-state index contributed by atoms with van der Waals surface area (Å²) < 4.78 is 5.11. The minimum atomic E-state index is -0.546. The van der Waals surface area contributed by atoms with Crippen LogP contribution in [0.4, 0.5) is 0 Å². The zero-order chi connectivity index (χ0) is 21.1. The molecule has 4 nitrogen and oxygen atoms in total. The minimum absolute atomic E-state index is 0.0441. The summed E-state index contributed by atoms with van der Waals surface area (Å²) in [6.07, 6.45) is 0.882. The molecule has 30 heavy (non-hydrogen) atoms. The maximum absolute atomic E-state index is 12.5. The van der Waals surface area contributed by atoms with Crippen LogP contribution in [0, 0.1) is 6.92 Å². The molecule has 3 aromatic carbocycles. The van der Waals surface area contributed by atoms with Gasteiger partial charge in [-0.25, -0.2) is 0 Å². The van der Waals surface area contributed by atoms with E-state index in [0.717, 1.165) is 23.1 Å². The summed E-state index contributed by atoms with van der Waals surface area (Å²) >= 11 is 0. The van der Waals surface area contributed by atoms with Gasteiger partial charge in [0.05, 0.1) is 6.42 Å². The molecule has 0 atom stereocenters. The lowest BCUT2D eigenvalue weighted by molar-refractivity contribution is -0.142. The van der Waals surface area contributed by atoms with Crippen LogP contribution in [0.5, 0.6) is 0 Å². The average Bonchev–Trinajstić information content (AvgIpc) is 3.14. The van der Waals surface area contributed by atoms with E-state index in [0.29, 0.717) is 11.1 Å². The van der Waals surface area contributed by atoms with Crippen LogP contribution in [-0.2, 0) is 16.0 Å². The predicted molar refractivity (Wildman–Crippen MR) is 115 cm³/mol. The summed E-state index contributed by atoms with van der Waals surface area (Å²) in [4.78, 5) is 36.7. The van der Waals surface area contributed by atoms with Crippen molar-refractivity contribution in [3.05, 3.63) is 94.5 Å². The molecule has 150 valence electrons. The lowest BCUT2D eigenvalue weighted by atomic mass is 10.0. The Kier molecular flexibility index (Phi) is 5.57. The summed E-state index contributed by atoms with van der Waals surface area (Å²) in [7, 11) is 0. The van der Waals surface area contributed by atoms with Gasteiger partial charge in [-0.2, -0.15) is 0 Å². The molecule has 0 amide bonds. The molecule has 0 unspecified atom stereocenters. The third-order valence-corrected chi connectivity index (χ3v) is 5.41. The first-order valence-corrected chi connectivity index (χ1v) is 10.0. The zero-order valence-electron chi connectivity index (χ0n) is 16.8. The van der Waals surface area contributed by atoms with Crippen LogP contribution < -0.4 is 0 Å². The van der Waals surface area contributed by atoms with E-state index in [9.17, 15) is 14.4 Å². The normalized spacial score (nSPS) is 11.5. The molecule has 0 bridgehead atoms. The number of hydrogen-bond acceptors (Lipinski definition) is 4. The number of Topliss-reactive ketones (excluding diaryl/α,β-unsaturated/α-hetero) is 2. The van der Waals surface area contributed by atoms with Gasteiger partial charge >= 0.3 is 5.97 Å². The summed E-state index contributed by atoms with van der Waals surface area (Å²) in [5, 5.41) is 0. The second-order valence-electron chi connectivity index (χ2n) is 7.58. The first-order valence-electron chi connectivity index (χ1n) is 10.0. The highest BCUT2D eigenvalue weighted by atomic mass is 16.5. The van der Waals surface area contributed by atoms with E-state index >= 15 is 0 Å². The maximum Gasteiger partial charge on any atom is 0.306 e. The molecule has 1 aliphatic carbocycles. The Morgan fingerprint density at radius 3 is 2.27 bits per heavy atom. The second-order valence-corrected chi connectivity index (χ2v) is 7.58. The lowest BCUT2D eigenvalue weighted by Gasteiger charge is -2.07. The third kappa shape index (κ3) is 4.23. The van der Waals surface area contributed by atoms with Gasteiger partial charge in [-0.05, 0) is 41.7 Å². The van der Waals surface area contributed by atoms with Crippen molar-refractivity contribution in [1.29, 1.82) is 0 Å². The SMILES string of the molecule is Cc1ccc(C(=O)CCC(=O)OCC(=O)c2ccc3c(c2)-c2ccccc2C3)cc1. The van der Waals surface area contributed by atoms with Gasteiger partial charge in [0.2, 0.25) is 0 Å². The third-order valence-electron chi connectivity index (χ3n) is 5.41. The molecule has 3 aromatic rings. The number of hydrogen-bond donors (Lipinski definition) is 0.